The van der Waals surface area contributed by atoms with E-state index in [0.717, 1.165) is 5.75 Å². The van der Waals surface area contributed by atoms with E-state index in [9.17, 15) is 4.79 Å². The van der Waals surface area contributed by atoms with E-state index in [1.165, 1.54) is 5.56 Å². The molecule has 0 saturated carbocycles. The lowest BCUT2D eigenvalue weighted by molar-refractivity contribution is -0.121. The lowest BCUT2D eigenvalue weighted by Gasteiger charge is -2.14. The highest BCUT2D eigenvalue weighted by Crippen LogP contribution is 2.25. The minimum absolute atomic E-state index is 0.0291. The van der Waals surface area contributed by atoms with E-state index in [-0.39, 0.29) is 5.91 Å². The van der Waals surface area contributed by atoms with Crippen molar-refractivity contribution < 1.29 is 9.53 Å². The molecule has 1 amide bonds. The molecule has 1 rings (SSSR count). The van der Waals surface area contributed by atoms with Gasteiger partial charge in [-0.15, -0.1) is 11.6 Å². The van der Waals surface area contributed by atoms with Crippen LogP contribution in [0.15, 0.2) is 24.3 Å². The molecular weight excluding hydrogens is 262 g/mol. The topological polar surface area (TPSA) is 38.3 Å². The predicted molar refractivity (Wildman–Crippen MR) is 79.0 cm³/mol. The van der Waals surface area contributed by atoms with Gasteiger partial charge in [-0.1, -0.05) is 32.0 Å². The number of para-hydroxylation sites is 1. The van der Waals surface area contributed by atoms with Crippen LogP contribution < -0.4 is 10.1 Å². The van der Waals surface area contributed by atoms with E-state index >= 15 is 0 Å². The van der Waals surface area contributed by atoms with Gasteiger partial charge in [-0.25, -0.2) is 0 Å². The number of carbonyl (C=O) groups excluding carboxylic acids is 1. The Morgan fingerprint density at radius 2 is 2.11 bits per heavy atom. The van der Waals surface area contributed by atoms with Crippen LogP contribution in [0, 0.1) is 0 Å². The molecule has 0 heterocycles. The highest BCUT2D eigenvalue weighted by molar-refractivity contribution is 6.17. The molecule has 0 atom stereocenters. The molecule has 0 radical (unpaired) electrons. The van der Waals surface area contributed by atoms with E-state index in [1.807, 2.05) is 18.2 Å². The summed E-state index contributed by atoms with van der Waals surface area (Å²) in [5.74, 6) is 1.87. The summed E-state index contributed by atoms with van der Waals surface area (Å²) < 4.78 is 5.71. The first-order valence-electron chi connectivity index (χ1n) is 6.69. The highest BCUT2D eigenvalue weighted by atomic mass is 35.5. The molecule has 3 nitrogen and oxygen atoms in total. The van der Waals surface area contributed by atoms with Gasteiger partial charge < -0.3 is 10.1 Å². The number of rotatable bonds is 8. The number of hydrogen-bond acceptors (Lipinski definition) is 2. The molecule has 0 spiro atoms. The summed E-state index contributed by atoms with van der Waals surface area (Å²) in [4.78, 5) is 11.4. The van der Waals surface area contributed by atoms with Crippen LogP contribution in [0.25, 0.3) is 0 Å². The van der Waals surface area contributed by atoms with Gasteiger partial charge in [0.05, 0.1) is 6.54 Å². The van der Waals surface area contributed by atoms with Crippen molar-refractivity contribution in [2.45, 2.75) is 32.6 Å². The van der Waals surface area contributed by atoms with E-state index in [2.05, 4.69) is 25.2 Å². The highest BCUT2D eigenvalue weighted by Gasteiger charge is 2.06. The molecule has 4 heteroatoms. The van der Waals surface area contributed by atoms with Crippen LogP contribution in [0.4, 0.5) is 0 Å². The fourth-order valence-electron chi connectivity index (χ4n) is 1.76. The van der Waals surface area contributed by atoms with Crippen LogP contribution in [0.5, 0.6) is 5.75 Å². The minimum atomic E-state index is 0.0291. The molecule has 1 aromatic rings. The molecule has 0 saturated heterocycles. The van der Waals surface area contributed by atoms with E-state index < -0.39 is 0 Å². The second-order valence-corrected chi connectivity index (χ2v) is 5.06. The zero-order valence-electron chi connectivity index (χ0n) is 11.6. The molecule has 1 N–H and O–H groups in total. The van der Waals surface area contributed by atoms with Crippen molar-refractivity contribution in [3.05, 3.63) is 29.8 Å². The van der Waals surface area contributed by atoms with Crippen molar-refractivity contribution in [2.75, 3.05) is 19.0 Å². The first kappa shape index (κ1) is 15.8. The summed E-state index contributed by atoms with van der Waals surface area (Å²) >= 11 is 5.53. The molecular formula is C15H22ClNO2. The van der Waals surface area contributed by atoms with Crippen molar-refractivity contribution in [3.63, 3.8) is 0 Å². The number of hydrogen-bond donors (Lipinski definition) is 1. The lowest BCUT2D eigenvalue weighted by atomic mass is 10.0. The summed E-state index contributed by atoms with van der Waals surface area (Å²) in [6, 6.07) is 8.00. The first-order chi connectivity index (χ1) is 9.15. The van der Waals surface area contributed by atoms with Crippen LogP contribution in [0.2, 0.25) is 0 Å². The first-order valence-corrected chi connectivity index (χ1v) is 7.23. The second kappa shape index (κ2) is 8.81. The van der Waals surface area contributed by atoms with Gasteiger partial charge in [-0.05, 0) is 24.0 Å². The SMILES string of the molecule is CC(C)c1ccccc1OCCNC(=O)CCCCl. The van der Waals surface area contributed by atoms with Crippen molar-refractivity contribution in [2.24, 2.45) is 0 Å². The molecule has 0 aliphatic carbocycles. The summed E-state index contributed by atoms with van der Waals surface area (Å²) in [5, 5.41) is 2.81. The maximum absolute atomic E-state index is 11.4. The van der Waals surface area contributed by atoms with Gasteiger partial charge in [0.25, 0.3) is 0 Å². The number of amides is 1. The van der Waals surface area contributed by atoms with Crippen LogP contribution >= 0.6 is 11.6 Å². The van der Waals surface area contributed by atoms with E-state index in [4.69, 9.17) is 16.3 Å². The fourth-order valence-corrected chi connectivity index (χ4v) is 1.89. The van der Waals surface area contributed by atoms with Gasteiger partial charge in [-0.2, -0.15) is 0 Å². The number of carbonyl (C=O) groups is 1. The number of halogens is 1. The standard InChI is InChI=1S/C15H22ClNO2/c1-12(2)13-6-3-4-7-14(13)19-11-10-17-15(18)8-5-9-16/h3-4,6-7,12H,5,8-11H2,1-2H3,(H,17,18). The van der Waals surface area contributed by atoms with Crippen LogP contribution in [0.1, 0.15) is 38.2 Å². The third-order valence-corrected chi connectivity index (χ3v) is 3.03. The molecule has 0 fully saturated rings. The Morgan fingerprint density at radius 3 is 2.79 bits per heavy atom. The van der Waals surface area contributed by atoms with E-state index in [0.29, 0.717) is 37.8 Å². The van der Waals surface area contributed by atoms with Gasteiger partial charge in [-0.3, -0.25) is 4.79 Å². The summed E-state index contributed by atoms with van der Waals surface area (Å²) in [5.41, 5.74) is 1.19. The Kier molecular flexibility index (Phi) is 7.34. The smallest absolute Gasteiger partial charge is 0.220 e. The average molecular weight is 284 g/mol. The maximum Gasteiger partial charge on any atom is 0.220 e. The Hall–Kier alpha value is -1.22. The quantitative estimate of drug-likeness (QED) is 0.587. The van der Waals surface area contributed by atoms with Crippen LogP contribution in [-0.4, -0.2) is 24.9 Å². The maximum atomic E-state index is 11.4. The van der Waals surface area contributed by atoms with Gasteiger partial charge in [0, 0.05) is 12.3 Å². The Bertz CT molecular complexity index is 393. The molecule has 0 unspecified atom stereocenters. The molecule has 0 aliphatic rings. The zero-order valence-corrected chi connectivity index (χ0v) is 12.4. The normalized spacial score (nSPS) is 10.5. The summed E-state index contributed by atoms with van der Waals surface area (Å²) in [6.07, 6.45) is 1.19. The number of nitrogens with one attached hydrogen (secondary N) is 1. The third-order valence-electron chi connectivity index (χ3n) is 2.76. The number of benzene rings is 1. The van der Waals surface area contributed by atoms with Crippen molar-refractivity contribution in [1.82, 2.24) is 5.32 Å². The predicted octanol–water partition coefficient (Wildman–Crippen LogP) is 3.32. The summed E-state index contributed by atoms with van der Waals surface area (Å²) in [7, 11) is 0. The van der Waals surface area contributed by atoms with Crippen LogP contribution in [-0.2, 0) is 4.79 Å². The molecule has 0 bridgehead atoms. The fraction of sp³-hybridized carbons (Fsp3) is 0.533. The zero-order chi connectivity index (χ0) is 14.1. The van der Waals surface area contributed by atoms with Crippen molar-refractivity contribution >= 4 is 17.5 Å². The van der Waals surface area contributed by atoms with Crippen LogP contribution in [0.3, 0.4) is 0 Å². The third kappa shape index (κ3) is 5.97. The molecule has 0 aliphatic heterocycles. The number of alkyl halides is 1. The Morgan fingerprint density at radius 1 is 1.37 bits per heavy atom. The molecule has 106 valence electrons. The average Bonchev–Trinajstić information content (AvgIpc) is 2.41. The van der Waals surface area contributed by atoms with Gasteiger partial charge >= 0.3 is 0 Å². The summed E-state index contributed by atoms with van der Waals surface area (Å²) in [6.45, 7) is 5.27. The van der Waals surface area contributed by atoms with Crippen molar-refractivity contribution in [1.29, 1.82) is 0 Å². The molecule has 1 aromatic carbocycles. The van der Waals surface area contributed by atoms with E-state index in [1.54, 1.807) is 0 Å². The lowest BCUT2D eigenvalue weighted by Crippen LogP contribution is -2.28. The monoisotopic (exact) mass is 283 g/mol. The molecule has 19 heavy (non-hydrogen) atoms. The van der Waals surface area contributed by atoms with Gasteiger partial charge in [0.1, 0.15) is 12.4 Å². The van der Waals surface area contributed by atoms with Gasteiger partial charge in [0.2, 0.25) is 5.91 Å². The largest absolute Gasteiger partial charge is 0.491 e. The number of ether oxygens (including phenoxy) is 1. The minimum Gasteiger partial charge on any atom is -0.491 e. The Labute approximate surface area is 120 Å². The van der Waals surface area contributed by atoms with Crippen molar-refractivity contribution in [3.8, 4) is 5.75 Å². The Balaban J connectivity index is 2.31. The van der Waals surface area contributed by atoms with Gasteiger partial charge in [0.15, 0.2) is 0 Å². The second-order valence-electron chi connectivity index (χ2n) is 4.68. The molecule has 0 aromatic heterocycles.